The predicted molar refractivity (Wildman–Crippen MR) is 112 cm³/mol. The van der Waals surface area contributed by atoms with Gasteiger partial charge in [0.1, 0.15) is 11.6 Å². The quantitative estimate of drug-likeness (QED) is 0.615. The van der Waals surface area contributed by atoms with Crippen molar-refractivity contribution < 1.29 is 13.7 Å². The second kappa shape index (κ2) is 9.19. The Hall–Kier alpha value is -2.71. The highest BCUT2D eigenvalue weighted by molar-refractivity contribution is 7.84. The number of amides is 1. The molecule has 0 radical (unpaired) electrons. The van der Waals surface area contributed by atoms with Crippen LogP contribution in [0.4, 0.5) is 0 Å². The minimum absolute atomic E-state index is 0.0334. The Kier molecular flexibility index (Phi) is 6.21. The lowest BCUT2D eigenvalue weighted by atomic mass is 10.2. The molecule has 2 unspecified atom stereocenters. The predicted octanol–water partition coefficient (Wildman–Crippen LogP) is 2.21. The van der Waals surface area contributed by atoms with E-state index in [0.29, 0.717) is 6.54 Å². The van der Waals surface area contributed by atoms with Crippen molar-refractivity contribution in [2.45, 2.75) is 24.7 Å². The summed E-state index contributed by atoms with van der Waals surface area (Å²) in [6.07, 6.45) is 7.65. The maximum atomic E-state index is 12.7. The Morgan fingerprint density at radius 2 is 2.00 bits per heavy atom. The lowest BCUT2D eigenvalue weighted by molar-refractivity contribution is -0.119. The van der Waals surface area contributed by atoms with Gasteiger partial charge >= 0.3 is 0 Å². The van der Waals surface area contributed by atoms with Crippen LogP contribution in [0.3, 0.4) is 0 Å². The summed E-state index contributed by atoms with van der Waals surface area (Å²) in [7, 11) is -1.34. The fraction of sp³-hybridized carbons (Fsp3) is 0.333. The van der Waals surface area contributed by atoms with E-state index in [-0.39, 0.29) is 23.5 Å². The van der Waals surface area contributed by atoms with Gasteiger partial charge in [0.25, 0.3) is 0 Å². The molecule has 0 aliphatic carbocycles. The number of nitrogens with zero attached hydrogens (tertiary/aromatic N) is 3. The van der Waals surface area contributed by atoms with Gasteiger partial charge in [-0.2, -0.15) is 5.10 Å². The zero-order chi connectivity index (χ0) is 20.1. The average Bonchev–Trinajstić information content (AvgIpc) is 3.48. The van der Waals surface area contributed by atoms with Crippen molar-refractivity contribution in [1.29, 1.82) is 0 Å². The van der Waals surface area contributed by atoms with E-state index < -0.39 is 10.8 Å². The maximum absolute atomic E-state index is 12.7. The topological polar surface area (TPSA) is 78.2 Å². The van der Waals surface area contributed by atoms with Gasteiger partial charge in [-0.15, -0.1) is 0 Å². The lowest BCUT2D eigenvalue weighted by Crippen LogP contribution is -2.34. The monoisotopic (exact) mass is 412 g/mol. The number of carbonyl (C=O) groups is 1. The number of benzene rings is 1. The summed E-state index contributed by atoms with van der Waals surface area (Å²) >= 11 is 0. The number of para-hydroxylation sites is 1. The summed E-state index contributed by atoms with van der Waals surface area (Å²) in [5.74, 6) is 0.841. The second-order valence-corrected chi connectivity index (χ2v) is 8.46. The Morgan fingerprint density at radius 3 is 2.72 bits per heavy atom. The first-order valence-electron chi connectivity index (χ1n) is 9.69. The Labute approximate surface area is 172 Å². The van der Waals surface area contributed by atoms with Crippen LogP contribution in [0, 0.1) is 0 Å². The number of aromatic nitrogens is 3. The summed E-state index contributed by atoms with van der Waals surface area (Å²) in [5, 5.41) is 7.34. The normalized spacial score (nSPS) is 17.3. The SMILES string of the molecule is O=C(CS(=O)Cc1cnn(-c2ccccc2)c1-n1cccc1)NCC1CCCO1. The van der Waals surface area contributed by atoms with E-state index >= 15 is 0 Å². The standard InChI is InChI=1S/C21H24N4O3S/c26-20(22-14-19-9-6-12-28-19)16-29(27)15-17-13-23-25(18-7-2-1-3-8-18)21(17)24-10-4-5-11-24/h1-5,7-8,10-11,13,19H,6,9,12,14-16H2,(H,22,26). The molecule has 2 aromatic heterocycles. The van der Waals surface area contributed by atoms with Gasteiger partial charge in [0.05, 0.1) is 23.7 Å². The highest BCUT2D eigenvalue weighted by Gasteiger charge is 2.19. The molecule has 4 rings (SSSR count). The molecule has 1 aliphatic heterocycles. The second-order valence-electron chi connectivity index (χ2n) is 7.00. The molecule has 3 aromatic rings. The van der Waals surface area contributed by atoms with E-state index in [4.69, 9.17) is 4.74 Å². The van der Waals surface area contributed by atoms with Crippen molar-refractivity contribution in [2.75, 3.05) is 18.9 Å². The molecule has 1 aromatic carbocycles. The molecule has 8 heteroatoms. The van der Waals surface area contributed by atoms with Gasteiger partial charge in [0, 0.05) is 41.9 Å². The van der Waals surface area contributed by atoms with Gasteiger partial charge < -0.3 is 14.6 Å². The van der Waals surface area contributed by atoms with Crippen LogP contribution in [0.5, 0.6) is 0 Å². The van der Waals surface area contributed by atoms with Crippen LogP contribution >= 0.6 is 0 Å². The number of hydrogen-bond donors (Lipinski definition) is 1. The van der Waals surface area contributed by atoms with E-state index in [1.54, 1.807) is 6.20 Å². The first-order valence-corrected chi connectivity index (χ1v) is 11.2. The number of nitrogens with one attached hydrogen (secondary N) is 1. The van der Waals surface area contributed by atoms with E-state index in [2.05, 4.69) is 10.4 Å². The van der Waals surface area contributed by atoms with E-state index in [9.17, 15) is 9.00 Å². The molecule has 1 amide bonds. The molecule has 1 aliphatic rings. The van der Waals surface area contributed by atoms with Crippen LogP contribution in [0.1, 0.15) is 18.4 Å². The molecule has 29 heavy (non-hydrogen) atoms. The van der Waals surface area contributed by atoms with Crippen LogP contribution < -0.4 is 5.32 Å². The van der Waals surface area contributed by atoms with Crippen LogP contribution in [0.25, 0.3) is 11.5 Å². The minimum atomic E-state index is -1.34. The van der Waals surface area contributed by atoms with Gasteiger partial charge in [-0.3, -0.25) is 9.00 Å². The molecule has 7 nitrogen and oxygen atoms in total. The fourth-order valence-corrected chi connectivity index (χ4v) is 4.49. The van der Waals surface area contributed by atoms with Crippen molar-refractivity contribution >= 4 is 16.7 Å². The van der Waals surface area contributed by atoms with E-state index in [0.717, 1.165) is 36.5 Å². The summed E-state index contributed by atoms with van der Waals surface area (Å²) in [4.78, 5) is 12.2. The molecule has 1 saturated heterocycles. The molecular formula is C21H24N4O3S. The van der Waals surface area contributed by atoms with E-state index in [1.165, 1.54) is 0 Å². The summed E-state index contributed by atoms with van der Waals surface area (Å²) < 4.78 is 21.9. The first kappa shape index (κ1) is 19.6. The van der Waals surface area contributed by atoms with E-state index in [1.807, 2.05) is 64.1 Å². The Morgan fingerprint density at radius 1 is 1.21 bits per heavy atom. The minimum Gasteiger partial charge on any atom is -0.376 e. The maximum Gasteiger partial charge on any atom is 0.232 e. The third-order valence-corrected chi connectivity index (χ3v) is 6.04. The molecule has 0 spiro atoms. The molecule has 2 atom stereocenters. The third-order valence-electron chi connectivity index (χ3n) is 4.83. The zero-order valence-electron chi connectivity index (χ0n) is 16.1. The van der Waals surface area contributed by atoms with Crippen molar-refractivity contribution in [3.63, 3.8) is 0 Å². The van der Waals surface area contributed by atoms with Crippen molar-refractivity contribution in [2.24, 2.45) is 0 Å². The van der Waals surface area contributed by atoms with Gasteiger partial charge in [0.15, 0.2) is 0 Å². The van der Waals surface area contributed by atoms with Crippen LogP contribution in [0.15, 0.2) is 61.1 Å². The number of rotatable bonds is 8. The van der Waals surface area contributed by atoms with Gasteiger partial charge in [-0.1, -0.05) is 18.2 Å². The molecule has 1 fully saturated rings. The van der Waals surface area contributed by atoms with Crippen molar-refractivity contribution in [3.05, 3.63) is 66.6 Å². The highest BCUT2D eigenvalue weighted by atomic mass is 32.2. The van der Waals surface area contributed by atoms with Crippen molar-refractivity contribution in [3.8, 4) is 11.5 Å². The molecule has 1 N–H and O–H groups in total. The number of ether oxygens (including phenoxy) is 1. The number of carbonyl (C=O) groups excluding carboxylic acids is 1. The molecule has 0 saturated carbocycles. The third kappa shape index (κ3) is 4.83. The Balaban J connectivity index is 1.46. The molecule has 0 bridgehead atoms. The summed E-state index contributed by atoms with van der Waals surface area (Å²) in [6.45, 7) is 1.23. The highest BCUT2D eigenvalue weighted by Crippen LogP contribution is 2.21. The van der Waals surface area contributed by atoms with Crippen LogP contribution in [-0.4, -0.2) is 49.5 Å². The van der Waals surface area contributed by atoms with Crippen molar-refractivity contribution in [1.82, 2.24) is 19.7 Å². The molecular weight excluding hydrogens is 388 g/mol. The van der Waals surface area contributed by atoms with Crippen LogP contribution in [0.2, 0.25) is 0 Å². The smallest absolute Gasteiger partial charge is 0.232 e. The van der Waals surface area contributed by atoms with Gasteiger partial charge in [-0.25, -0.2) is 4.68 Å². The fourth-order valence-electron chi connectivity index (χ4n) is 3.44. The average molecular weight is 413 g/mol. The molecule has 152 valence electrons. The van der Waals surface area contributed by atoms with Gasteiger partial charge in [0.2, 0.25) is 5.91 Å². The Bertz CT molecular complexity index is 963. The largest absolute Gasteiger partial charge is 0.376 e. The first-order chi connectivity index (χ1) is 14.2. The zero-order valence-corrected chi connectivity index (χ0v) is 16.9. The summed E-state index contributed by atoms with van der Waals surface area (Å²) in [5.41, 5.74) is 1.75. The summed E-state index contributed by atoms with van der Waals surface area (Å²) in [6, 6.07) is 13.7. The molecule has 3 heterocycles. The van der Waals surface area contributed by atoms with Gasteiger partial charge in [-0.05, 0) is 37.1 Å². The lowest BCUT2D eigenvalue weighted by Gasteiger charge is -2.12. The number of hydrogen-bond acceptors (Lipinski definition) is 4. The van der Waals surface area contributed by atoms with Crippen LogP contribution in [-0.2, 0) is 26.1 Å².